The van der Waals surface area contributed by atoms with Gasteiger partial charge in [-0.3, -0.25) is 0 Å². The van der Waals surface area contributed by atoms with Crippen molar-refractivity contribution in [3.8, 4) is 0 Å². The summed E-state index contributed by atoms with van der Waals surface area (Å²) in [6.07, 6.45) is 2.77. The van der Waals surface area contributed by atoms with Crippen molar-refractivity contribution in [3.05, 3.63) is 21.9 Å². The minimum Gasteiger partial charge on any atom is -0.422 e. The van der Waals surface area contributed by atoms with Crippen LogP contribution in [0.4, 0.5) is 0 Å². The molecular weight excluding hydrogens is 176 g/mol. The Morgan fingerprint density at radius 1 is 1.42 bits per heavy atom. The molecule has 0 aromatic heterocycles. The van der Waals surface area contributed by atoms with Gasteiger partial charge in [0.15, 0.2) is 0 Å². The van der Waals surface area contributed by atoms with Gasteiger partial charge < -0.3 is 4.74 Å². The van der Waals surface area contributed by atoms with Gasteiger partial charge in [-0.2, -0.15) is 0 Å². The van der Waals surface area contributed by atoms with Crippen molar-refractivity contribution < 1.29 is 9.53 Å². The predicted octanol–water partition coefficient (Wildman–Crippen LogP) is 2.49. The van der Waals surface area contributed by atoms with Crippen LogP contribution in [0.1, 0.15) is 26.2 Å². The number of esters is 1. The number of carbonyl (C=O) groups excluding carboxylic acids is 1. The molecule has 0 atom stereocenters. The SMILES string of the molecule is CC1=C2CCCC(Cl)=C2OC1=O. The van der Waals surface area contributed by atoms with Gasteiger partial charge in [-0.1, -0.05) is 11.6 Å². The molecule has 2 nitrogen and oxygen atoms in total. The lowest BCUT2D eigenvalue weighted by molar-refractivity contribution is -0.133. The van der Waals surface area contributed by atoms with Crippen molar-refractivity contribution in [1.82, 2.24) is 0 Å². The second kappa shape index (κ2) is 2.63. The number of rotatable bonds is 0. The zero-order valence-corrected chi connectivity index (χ0v) is 7.57. The van der Waals surface area contributed by atoms with E-state index in [1.807, 2.05) is 0 Å². The number of hydrogen-bond acceptors (Lipinski definition) is 2. The minimum absolute atomic E-state index is 0.236. The van der Waals surface area contributed by atoms with Crippen LogP contribution in [0.25, 0.3) is 0 Å². The van der Waals surface area contributed by atoms with E-state index < -0.39 is 0 Å². The molecule has 0 radical (unpaired) electrons. The van der Waals surface area contributed by atoms with E-state index in [-0.39, 0.29) is 5.97 Å². The molecule has 12 heavy (non-hydrogen) atoms. The first kappa shape index (κ1) is 7.87. The molecule has 64 valence electrons. The monoisotopic (exact) mass is 184 g/mol. The van der Waals surface area contributed by atoms with Crippen molar-refractivity contribution >= 4 is 17.6 Å². The molecule has 0 N–H and O–H groups in total. The van der Waals surface area contributed by atoms with Crippen LogP contribution in [0.2, 0.25) is 0 Å². The smallest absolute Gasteiger partial charge is 0.339 e. The second-order valence-corrected chi connectivity index (χ2v) is 3.54. The fourth-order valence-corrected chi connectivity index (χ4v) is 1.86. The number of ether oxygens (including phenoxy) is 1. The van der Waals surface area contributed by atoms with E-state index in [9.17, 15) is 4.79 Å². The number of allylic oxidation sites excluding steroid dienone is 2. The van der Waals surface area contributed by atoms with Gasteiger partial charge in [0.2, 0.25) is 0 Å². The summed E-state index contributed by atoms with van der Waals surface area (Å²) in [5, 5.41) is 0.696. The predicted molar refractivity (Wildman–Crippen MR) is 45.5 cm³/mol. The second-order valence-electron chi connectivity index (χ2n) is 3.08. The first-order chi connectivity index (χ1) is 5.70. The van der Waals surface area contributed by atoms with Crippen LogP contribution in [0.3, 0.4) is 0 Å². The molecule has 1 aliphatic carbocycles. The summed E-state index contributed by atoms with van der Waals surface area (Å²) >= 11 is 5.92. The van der Waals surface area contributed by atoms with Gasteiger partial charge >= 0.3 is 5.97 Å². The lowest BCUT2D eigenvalue weighted by atomic mass is 9.97. The third-order valence-electron chi connectivity index (χ3n) is 2.30. The molecule has 0 fully saturated rings. The quantitative estimate of drug-likeness (QED) is 0.541. The topological polar surface area (TPSA) is 26.3 Å². The average Bonchev–Trinajstić information content (AvgIpc) is 2.32. The summed E-state index contributed by atoms with van der Waals surface area (Å²) in [7, 11) is 0. The molecule has 0 amide bonds. The van der Waals surface area contributed by atoms with E-state index in [1.165, 1.54) is 0 Å². The number of fused-ring (bicyclic) bond motifs is 1. The van der Waals surface area contributed by atoms with Gasteiger partial charge in [0, 0.05) is 11.1 Å². The summed E-state index contributed by atoms with van der Waals surface area (Å²) in [6.45, 7) is 1.79. The van der Waals surface area contributed by atoms with Crippen LogP contribution in [0, 0.1) is 0 Å². The highest BCUT2D eigenvalue weighted by molar-refractivity contribution is 6.30. The van der Waals surface area contributed by atoms with Gasteiger partial charge in [-0.05, 0) is 26.2 Å². The third-order valence-corrected chi connectivity index (χ3v) is 2.66. The van der Waals surface area contributed by atoms with Crippen LogP contribution < -0.4 is 0 Å². The van der Waals surface area contributed by atoms with E-state index in [1.54, 1.807) is 6.92 Å². The largest absolute Gasteiger partial charge is 0.422 e. The minimum atomic E-state index is -0.236. The first-order valence-electron chi connectivity index (χ1n) is 4.01. The van der Waals surface area contributed by atoms with Crippen molar-refractivity contribution in [1.29, 1.82) is 0 Å². The summed E-state index contributed by atoms with van der Waals surface area (Å²) < 4.78 is 5.02. The van der Waals surface area contributed by atoms with E-state index in [2.05, 4.69) is 0 Å². The van der Waals surface area contributed by atoms with Crippen molar-refractivity contribution in [2.75, 3.05) is 0 Å². The molecule has 0 aromatic carbocycles. The molecular formula is C9H9ClO2. The Balaban J connectivity index is 2.52. The normalized spacial score (nSPS) is 23.0. The van der Waals surface area contributed by atoms with Gasteiger partial charge in [-0.15, -0.1) is 0 Å². The summed E-state index contributed by atoms with van der Waals surface area (Å²) in [5.74, 6) is 0.394. The van der Waals surface area contributed by atoms with Crippen molar-refractivity contribution in [3.63, 3.8) is 0 Å². The molecule has 0 unspecified atom stereocenters. The van der Waals surface area contributed by atoms with E-state index in [0.29, 0.717) is 10.8 Å². The molecule has 0 saturated carbocycles. The summed E-state index contributed by atoms with van der Waals surface area (Å²) in [4.78, 5) is 11.1. The number of hydrogen-bond donors (Lipinski definition) is 0. The standard InChI is InChI=1S/C9H9ClO2/c1-5-6-3-2-4-7(10)8(6)12-9(5)11/h2-4H2,1H3. The Labute approximate surface area is 75.8 Å². The van der Waals surface area contributed by atoms with Gasteiger partial charge in [0.05, 0.1) is 5.03 Å². The highest BCUT2D eigenvalue weighted by Crippen LogP contribution is 2.38. The third kappa shape index (κ3) is 0.985. The maximum atomic E-state index is 11.1. The summed E-state index contributed by atoms with van der Waals surface area (Å²) in [5.41, 5.74) is 1.74. The number of halogens is 1. The van der Waals surface area contributed by atoms with E-state index in [4.69, 9.17) is 16.3 Å². The Morgan fingerprint density at radius 3 is 2.83 bits per heavy atom. The van der Waals surface area contributed by atoms with Gasteiger partial charge in [0.25, 0.3) is 0 Å². The Hall–Kier alpha value is -0.760. The first-order valence-corrected chi connectivity index (χ1v) is 4.39. The van der Waals surface area contributed by atoms with Crippen LogP contribution in [-0.2, 0) is 9.53 Å². The molecule has 2 aliphatic rings. The van der Waals surface area contributed by atoms with Gasteiger partial charge in [0.1, 0.15) is 5.76 Å². The van der Waals surface area contributed by atoms with Crippen LogP contribution in [-0.4, -0.2) is 5.97 Å². The van der Waals surface area contributed by atoms with Crippen LogP contribution in [0.15, 0.2) is 21.9 Å². The fraction of sp³-hybridized carbons (Fsp3) is 0.444. The highest BCUT2D eigenvalue weighted by Gasteiger charge is 2.30. The Bertz CT molecular complexity index is 312. The van der Waals surface area contributed by atoms with Crippen molar-refractivity contribution in [2.45, 2.75) is 26.2 Å². The Morgan fingerprint density at radius 2 is 2.17 bits per heavy atom. The average molecular weight is 185 g/mol. The maximum absolute atomic E-state index is 11.1. The fourth-order valence-electron chi connectivity index (χ4n) is 1.58. The zero-order valence-electron chi connectivity index (χ0n) is 6.82. The highest BCUT2D eigenvalue weighted by atomic mass is 35.5. The Kier molecular flexibility index (Phi) is 1.72. The lowest BCUT2D eigenvalue weighted by Crippen LogP contribution is -1.98. The van der Waals surface area contributed by atoms with Crippen LogP contribution >= 0.6 is 11.6 Å². The van der Waals surface area contributed by atoms with Crippen molar-refractivity contribution in [2.24, 2.45) is 0 Å². The molecule has 3 heteroatoms. The lowest BCUT2D eigenvalue weighted by Gasteiger charge is -2.12. The molecule has 1 aliphatic heterocycles. The zero-order chi connectivity index (χ0) is 8.72. The van der Waals surface area contributed by atoms with Crippen LogP contribution in [0.5, 0.6) is 0 Å². The maximum Gasteiger partial charge on any atom is 0.339 e. The molecule has 0 bridgehead atoms. The summed E-state index contributed by atoms with van der Waals surface area (Å²) in [6, 6.07) is 0. The molecule has 0 spiro atoms. The molecule has 0 saturated heterocycles. The molecule has 0 aromatic rings. The number of carbonyl (C=O) groups is 1. The molecule has 2 rings (SSSR count). The van der Waals surface area contributed by atoms with E-state index >= 15 is 0 Å². The molecule has 1 heterocycles. The van der Waals surface area contributed by atoms with Gasteiger partial charge in [-0.25, -0.2) is 4.79 Å². The van der Waals surface area contributed by atoms with E-state index in [0.717, 1.165) is 30.4 Å².